The molecule has 2 aromatic rings. The van der Waals surface area contributed by atoms with E-state index in [0.717, 1.165) is 0 Å². The maximum absolute atomic E-state index is 12.8. The van der Waals surface area contributed by atoms with Gasteiger partial charge in [-0.15, -0.1) is 10.2 Å². The lowest BCUT2D eigenvalue weighted by Gasteiger charge is -2.20. The van der Waals surface area contributed by atoms with Crippen LogP contribution in [0.1, 0.15) is 26.3 Å². The van der Waals surface area contributed by atoms with Crippen LogP contribution in [0.4, 0.5) is 10.8 Å². The normalized spacial score (nSPS) is 12.9. The van der Waals surface area contributed by atoms with Gasteiger partial charge in [0, 0.05) is 18.8 Å². The number of rotatable bonds is 8. The Balaban J connectivity index is 2.18. The quantitative estimate of drug-likeness (QED) is 0.619. The monoisotopic (exact) mass is 429 g/mol. The summed E-state index contributed by atoms with van der Waals surface area (Å²) in [6.07, 6.45) is 0. The van der Waals surface area contributed by atoms with E-state index in [0.29, 0.717) is 33.8 Å². The highest BCUT2D eigenvalue weighted by atomic mass is 32.2. The molecule has 8 nitrogen and oxygen atoms in total. The SMILES string of the molecule is CCN(CC)S(=O)(=O)c1cc(NC(=O)C(C)Sc2nnc(N)s2)ccc1C. The number of sulfonamides is 1. The van der Waals surface area contributed by atoms with Gasteiger partial charge >= 0.3 is 0 Å². The van der Waals surface area contributed by atoms with E-state index in [1.54, 1.807) is 39.8 Å². The summed E-state index contributed by atoms with van der Waals surface area (Å²) in [5, 5.41) is 10.3. The molecule has 0 aliphatic heterocycles. The van der Waals surface area contributed by atoms with E-state index in [4.69, 9.17) is 5.73 Å². The fourth-order valence-electron chi connectivity index (χ4n) is 2.38. The van der Waals surface area contributed by atoms with Crippen molar-refractivity contribution in [2.24, 2.45) is 0 Å². The summed E-state index contributed by atoms with van der Waals surface area (Å²) in [7, 11) is -3.61. The summed E-state index contributed by atoms with van der Waals surface area (Å²) in [6.45, 7) is 7.82. The predicted octanol–water partition coefficient (Wildman–Crippen LogP) is 2.58. The van der Waals surface area contributed by atoms with Crippen LogP contribution in [0.3, 0.4) is 0 Å². The Bertz CT molecular complexity index is 910. The Morgan fingerprint density at radius 2 is 2.00 bits per heavy atom. The zero-order valence-electron chi connectivity index (χ0n) is 15.6. The summed E-state index contributed by atoms with van der Waals surface area (Å²) in [5.41, 5.74) is 6.61. The molecule has 0 aliphatic carbocycles. The van der Waals surface area contributed by atoms with E-state index in [9.17, 15) is 13.2 Å². The van der Waals surface area contributed by atoms with E-state index < -0.39 is 15.3 Å². The van der Waals surface area contributed by atoms with Gasteiger partial charge in [-0.25, -0.2) is 8.42 Å². The lowest BCUT2D eigenvalue weighted by Crippen LogP contribution is -2.31. The van der Waals surface area contributed by atoms with Gasteiger partial charge in [-0.1, -0.05) is 43.0 Å². The Morgan fingerprint density at radius 3 is 2.56 bits per heavy atom. The number of nitrogens with zero attached hydrogens (tertiary/aromatic N) is 3. The number of hydrogen-bond acceptors (Lipinski definition) is 8. The van der Waals surface area contributed by atoms with E-state index in [1.165, 1.54) is 33.5 Å². The predicted molar refractivity (Wildman–Crippen MR) is 110 cm³/mol. The van der Waals surface area contributed by atoms with Crippen LogP contribution in [-0.2, 0) is 14.8 Å². The number of amides is 1. The van der Waals surface area contributed by atoms with Gasteiger partial charge in [0.1, 0.15) is 0 Å². The van der Waals surface area contributed by atoms with Gasteiger partial charge in [0.25, 0.3) is 0 Å². The lowest BCUT2D eigenvalue weighted by atomic mass is 10.2. The molecule has 1 unspecified atom stereocenters. The molecule has 1 heterocycles. The van der Waals surface area contributed by atoms with Crippen molar-refractivity contribution in [2.75, 3.05) is 24.1 Å². The minimum absolute atomic E-state index is 0.196. The number of nitrogens with two attached hydrogens (primary N) is 1. The molecule has 148 valence electrons. The fraction of sp³-hybridized carbons (Fsp3) is 0.438. The van der Waals surface area contributed by atoms with E-state index in [1.807, 2.05) is 0 Å². The Hall–Kier alpha value is -1.69. The maximum atomic E-state index is 12.8. The molecule has 1 aromatic heterocycles. The number of anilines is 2. The Morgan fingerprint density at radius 1 is 1.33 bits per heavy atom. The first-order chi connectivity index (χ1) is 12.7. The molecule has 1 amide bonds. The van der Waals surface area contributed by atoms with Crippen LogP contribution in [-0.4, -0.2) is 47.2 Å². The van der Waals surface area contributed by atoms with Crippen LogP contribution >= 0.6 is 23.1 Å². The molecule has 0 saturated heterocycles. The summed E-state index contributed by atoms with van der Waals surface area (Å²) >= 11 is 2.45. The average molecular weight is 430 g/mol. The zero-order valence-corrected chi connectivity index (χ0v) is 18.0. The molecule has 0 saturated carbocycles. The van der Waals surface area contributed by atoms with Gasteiger partial charge in [-0.05, 0) is 31.5 Å². The number of benzene rings is 1. The van der Waals surface area contributed by atoms with E-state index in [2.05, 4.69) is 15.5 Å². The third-order valence-electron chi connectivity index (χ3n) is 3.85. The van der Waals surface area contributed by atoms with Crippen molar-refractivity contribution in [1.29, 1.82) is 0 Å². The van der Waals surface area contributed by atoms with Crippen molar-refractivity contribution in [3.05, 3.63) is 23.8 Å². The molecule has 11 heteroatoms. The number of nitrogen functional groups attached to an aromatic ring is 1. The number of nitrogens with one attached hydrogen (secondary N) is 1. The number of aromatic nitrogens is 2. The molecule has 2 rings (SSSR count). The van der Waals surface area contributed by atoms with Gasteiger partial charge in [0.2, 0.25) is 21.1 Å². The maximum Gasteiger partial charge on any atom is 0.243 e. The number of thioether (sulfide) groups is 1. The molecule has 0 spiro atoms. The van der Waals surface area contributed by atoms with E-state index >= 15 is 0 Å². The molecular formula is C16H23N5O3S3. The molecule has 1 aromatic carbocycles. The first kappa shape index (κ1) is 21.6. The van der Waals surface area contributed by atoms with Crippen LogP contribution in [0.15, 0.2) is 27.4 Å². The highest BCUT2D eigenvalue weighted by Gasteiger charge is 2.24. The van der Waals surface area contributed by atoms with Gasteiger partial charge < -0.3 is 11.1 Å². The summed E-state index contributed by atoms with van der Waals surface area (Å²) in [4.78, 5) is 12.6. The van der Waals surface area contributed by atoms with Crippen molar-refractivity contribution in [3.8, 4) is 0 Å². The molecule has 0 aliphatic rings. The van der Waals surface area contributed by atoms with Crippen LogP contribution in [0.25, 0.3) is 0 Å². The number of aryl methyl sites for hydroxylation is 1. The van der Waals surface area contributed by atoms with Crippen LogP contribution in [0.2, 0.25) is 0 Å². The van der Waals surface area contributed by atoms with Crippen LogP contribution < -0.4 is 11.1 Å². The number of carbonyl (C=O) groups excluding carboxylic acids is 1. The van der Waals surface area contributed by atoms with Crippen molar-refractivity contribution >= 4 is 49.8 Å². The summed E-state index contributed by atoms with van der Waals surface area (Å²) in [5.74, 6) is -0.260. The molecule has 0 bridgehead atoms. The molecule has 3 N–H and O–H groups in total. The standard InChI is InChI=1S/C16H23N5O3S3/c1-5-21(6-2)27(23,24)13-9-12(8-7-10(13)3)18-14(22)11(4)25-16-20-19-15(17)26-16/h7-9,11H,5-6H2,1-4H3,(H2,17,19)(H,18,22). The lowest BCUT2D eigenvalue weighted by molar-refractivity contribution is -0.115. The van der Waals surface area contributed by atoms with Gasteiger partial charge in [-0.2, -0.15) is 4.31 Å². The van der Waals surface area contributed by atoms with Crippen molar-refractivity contribution in [1.82, 2.24) is 14.5 Å². The van der Waals surface area contributed by atoms with Crippen molar-refractivity contribution in [3.63, 3.8) is 0 Å². The second kappa shape index (κ2) is 9.00. The first-order valence-electron chi connectivity index (χ1n) is 8.36. The highest BCUT2D eigenvalue weighted by Crippen LogP contribution is 2.29. The molecule has 1 atom stereocenters. The Labute approximate surface area is 167 Å². The fourth-order valence-corrected chi connectivity index (χ4v) is 5.86. The smallest absolute Gasteiger partial charge is 0.243 e. The molecular weight excluding hydrogens is 406 g/mol. The van der Waals surface area contributed by atoms with Crippen molar-refractivity contribution < 1.29 is 13.2 Å². The second-order valence-corrected chi connectivity index (χ2v) is 10.2. The number of hydrogen-bond donors (Lipinski definition) is 2. The van der Waals surface area contributed by atoms with Gasteiger partial charge in [0.15, 0.2) is 4.34 Å². The third-order valence-corrected chi connectivity index (χ3v) is 7.98. The van der Waals surface area contributed by atoms with Crippen molar-refractivity contribution in [2.45, 2.75) is 42.2 Å². The summed E-state index contributed by atoms with van der Waals surface area (Å²) in [6, 6.07) is 4.88. The molecule has 27 heavy (non-hydrogen) atoms. The van der Waals surface area contributed by atoms with Gasteiger partial charge in [0.05, 0.1) is 10.1 Å². The largest absolute Gasteiger partial charge is 0.374 e. The zero-order chi connectivity index (χ0) is 20.2. The van der Waals surface area contributed by atoms with E-state index in [-0.39, 0.29) is 10.8 Å². The highest BCUT2D eigenvalue weighted by molar-refractivity contribution is 8.02. The van der Waals surface area contributed by atoms with Crippen LogP contribution in [0, 0.1) is 6.92 Å². The first-order valence-corrected chi connectivity index (χ1v) is 11.5. The van der Waals surface area contributed by atoms with Gasteiger partial charge in [-0.3, -0.25) is 4.79 Å². The second-order valence-electron chi connectivity index (χ2n) is 5.73. The summed E-state index contributed by atoms with van der Waals surface area (Å²) < 4.78 is 27.6. The third kappa shape index (κ3) is 5.18. The Kier molecular flexibility index (Phi) is 7.20. The minimum atomic E-state index is -3.61. The topological polar surface area (TPSA) is 118 Å². The van der Waals surface area contributed by atoms with Crippen LogP contribution in [0.5, 0.6) is 0 Å². The minimum Gasteiger partial charge on any atom is -0.374 e. The molecule has 0 radical (unpaired) electrons. The average Bonchev–Trinajstić information content (AvgIpc) is 3.02. The number of carbonyl (C=O) groups is 1. The molecule has 0 fully saturated rings.